The average Bonchev–Trinajstić information content (AvgIpc) is 2.65. The maximum Gasteiger partial charge on any atom is 0.111 e. The van der Waals surface area contributed by atoms with Crippen molar-refractivity contribution in [1.82, 2.24) is 14.9 Å². The number of benzene rings is 1. The van der Waals surface area contributed by atoms with Crippen molar-refractivity contribution in [3.05, 3.63) is 41.2 Å². The van der Waals surface area contributed by atoms with Crippen LogP contribution < -0.4 is 5.32 Å². The number of fused-ring (bicyclic) bond motifs is 1. The van der Waals surface area contributed by atoms with Crippen molar-refractivity contribution in [2.75, 3.05) is 13.6 Å². The monoisotopic (exact) mass is 257 g/mol. The standard InChI is InChI=1S/C16H23N3/c1-11(2)10-19-15-9-13(4)12(3)8-14(15)18-16(19)6-7-17-5/h8-9,17H,1,6-7,10H2,2-5H3. The molecule has 102 valence electrons. The van der Waals surface area contributed by atoms with Crippen molar-refractivity contribution < 1.29 is 0 Å². The number of aryl methyl sites for hydroxylation is 2. The number of hydrogen-bond donors (Lipinski definition) is 1. The molecule has 2 aromatic rings. The van der Waals surface area contributed by atoms with Crippen LogP contribution in [0.4, 0.5) is 0 Å². The first-order valence-corrected chi connectivity index (χ1v) is 6.78. The molecule has 0 saturated carbocycles. The zero-order chi connectivity index (χ0) is 14.0. The molecule has 0 amide bonds. The molecule has 1 heterocycles. The fourth-order valence-corrected chi connectivity index (χ4v) is 2.30. The van der Waals surface area contributed by atoms with E-state index in [0.717, 1.165) is 36.4 Å². The van der Waals surface area contributed by atoms with E-state index in [4.69, 9.17) is 4.98 Å². The number of nitrogens with zero attached hydrogens (tertiary/aromatic N) is 2. The Morgan fingerprint density at radius 1 is 1.32 bits per heavy atom. The van der Waals surface area contributed by atoms with Crippen molar-refractivity contribution >= 4 is 11.0 Å². The van der Waals surface area contributed by atoms with E-state index in [9.17, 15) is 0 Å². The molecule has 0 bridgehead atoms. The Kier molecular flexibility index (Phi) is 4.05. The highest BCUT2D eigenvalue weighted by Gasteiger charge is 2.11. The molecular formula is C16H23N3. The highest BCUT2D eigenvalue weighted by atomic mass is 15.1. The summed E-state index contributed by atoms with van der Waals surface area (Å²) in [5.41, 5.74) is 6.08. The lowest BCUT2D eigenvalue weighted by Gasteiger charge is -2.09. The van der Waals surface area contributed by atoms with Crippen LogP contribution in [0, 0.1) is 13.8 Å². The molecule has 0 aliphatic heterocycles. The zero-order valence-corrected chi connectivity index (χ0v) is 12.4. The topological polar surface area (TPSA) is 29.9 Å². The zero-order valence-electron chi connectivity index (χ0n) is 12.4. The minimum absolute atomic E-state index is 0.845. The minimum atomic E-state index is 0.845. The predicted molar refractivity (Wildman–Crippen MR) is 81.7 cm³/mol. The Hall–Kier alpha value is -1.61. The minimum Gasteiger partial charge on any atom is -0.324 e. The first-order valence-electron chi connectivity index (χ1n) is 6.78. The molecule has 19 heavy (non-hydrogen) atoms. The summed E-state index contributed by atoms with van der Waals surface area (Å²) in [6.07, 6.45) is 0.941. The van der Waals surface area contributed by atoms with Gasteiger partial charge >= 0.3 is 0 Å². The number of nitrogens with one attached hydrogen (secondary N) is 1. The molecule has 0 aliphatic carbocycles. The van der Waals surface area contributed by atoms with Gasteiger partial charge in [-0.3, -0.25) is 0 Å². The van der Waals surface area contributed by atoms with Gasteiger partial charge in [0.1, 0.15) is 5.82 Å². The van der Waals surface area contributed by atoms with Gasteiger partial charge < -0.3 is 9.88 Å². The van der Waals surface area contributed by atoms with Crippen molar-refractivity contribution in [3.8, 4) is 0 Å². The molecular weight excluding hydrogens is 234 g/mol. The van der Waals surface area contributed by atoms with Crippen LogP contribution >= 0.6 is 0 Å². The van der Waals surface area contributed by atoms with Crippen molar-refractivity contribution in [2.45, 2.75) is 33.7 Å². The van der Waals surface area contributed by atoms with Gasteiger partial charge in [0.15, 0.2) is 0 Å². The molecule has 3 heteroatoms. The number of rotatable bonds is 5. The molecule has 1 aromatic heterocycles. The first-order chi connectivity index (χ1) is 9.02. The number of allylic oxidation sites excluding steroid dienone is 1. The summed E-state index contributed by atoms with van der Waals surface area (Å²) in [5.74, 6) is 1.14. The van der Waals surface area contributed by atoms with Gasteiger partial charge in [-0.1, -0.05) is 12.2 Å². The predicted octanol–water partition coefficient (Wildman–Crippen LogP) is 2.99. The van der Waals surface area contributed by atoms with Crippen LogP contribution in [0.1, 0.15) is 23.9 Å². The van der Waals surface area contributed by atoms with E-state index in [1.54, 1.807) is 0 Å². The Balaban J connectivity index is 2.55. The highest BCUT2D eigenvalue weighted by Crippen LogP contribution is 2.22. The number of aromatic nitrogens is 2. The molecule has 0 atom stereocenters. The van der Waals surface area contributed by atoms with Crippen LogP contribution in [0.15, 0.2) is 24.3 Å². The van der Waals surface area contributed by atoms with Crippen LogP contribution in [0.5, 0.6) is 0 Å². The third kappa shape index (κ3) is 2.87. The maximum absolute atomic E-state index is 4.79. The van der Waals surface area contributed by atoms with Crippen LogP contribution in [0.25, 0.3) is 11.0 Å². The third-order valence-electron chi connectivity index (χ3n) is 3.47. The summed E-state index contributed by atoms with van der Waals surface area (Å²) >= 11 is 0. The molecule has 0 spiro atoms. The number of likely N-dealkylation sites (N-methyl/N-ethyl adjacent to an activating group) is 1. The van der Waals surface area contributed by atoms with E-state index >= 15 is 0 Å². The molecule has 3 nitrogen and oxygen atoms in total. The Labute approximate surface area is 115 Å². The number of hydrogen-bond acceptors (Lipinski definition) is 2. The fraction of sp³-hybridized carbons (Fsp3) is 0.438. The second-order valence-corrected chi connectivity index (χ2v) is 5.35. The van der Waals surface area contributed by atoms with Gasteiger partial charge in [0.05, 0.1) is 11.0 Å². The Morgan fingerprint density at radius 2 is 2.00 bits per heavy atom. The van der Waals surface area contributed by atoms with E-state index in [-0.39, 0.29) is 0 Å². The first kappa shape index (κ1) is 13.8. The summed E-state index contributed by atoms with van der Waals surface area (Å²) < 4.78 is 2.29. The van der Waals surface area contributed by atoms with E-state index in [1.807, 2.05) is 7.05 Å². The fourth-order valence-electron chi connectivity index (χ4n) is 2.30. The summed E-state index contributed by atoms with van der Waals surface area (Å²) in [5, 5.41) is 3.19. The van der Waals surface area contributed by atoms with E-state index in [1.165, 1.54) is 16.6 Å². The van der Waals surface area contributed by atoms with Crippen LogP contribution in [-0.2, 0) is 13.0 Å². The largest absolute Gasteiger partial charge is 0.324 e. The van der Waals surface area contributed by atoms with Crippen LogP contribution in [-0.4, -0.2) is 23.1 Å². The molecule has 0 radical (unpaired) electrons. The van der Waals surface area contributed by atoms with Gasteiger partial charge in [-0.15, -0.1) is 0 Å². The summed E-state index contributed by atoms with van der Waals surface area (Å²) in [6, 6.07) is 4.42. The maximum atomic E-state index is 4.79. The Bertz CT molecular complexity index is 608. The lowest BCUT2D eigenvalue weighted by molar-refractivity contribution is 0.691. The second kappa shape index (κ2) is 5.57. The molecule has 2 rings (SSSR count). The number of imidazole rings is 1. The van der Waals surface area contributed by atoms with Gasteiger partial charge in [-0.25, -0.2) is 4.98 Å². The molecule has 0 fully saturated rings. The quantitative estimate of drug-likeness (QED) is 0.835. The van der Waals surface area contributed by atoms with Gasteiger partial charge in [0.25, 0.3) is 0 Å². The second-order valence-electron chi connectivity index (χ2n) is 5.35. The normalized spacial score (nSPS) is 11.2. The smallest absolute Gasteiger partial charge is 0.111 e. The third-order valence-corrected chi connectivity index (χ3v) is 3.47. The van der Waals surface area contributed by atoms with Gasteiger partial charge in [0, 0.05) is 19.5 Å². The molecule has 0 saturated heterocycles. The lowest BCUT2D eigenvalue weighted by Crippen LogP contribution is -2.14. The SMILES string of the molecule is C=C(C)Cn1c(CCNC)nc2cc(C)c(C)cc21. The summed E-state index contributed by atoms with van der Waals surface area (Å²) in [7, 11) is 1.97. The van der Waals surface area contributed by atoms with E-state index in [0.29, 0.717) is 0 Å². The molecule has 0 aliphatic rings. The van der Waals surface area contributed by atoms with Crippen LogP contribution in [0.2, 0.25) is 0 Å². The molecule has 1 N–H and O–H groups in total. The summed E-state index contributed by atoms with van der Waals surface area (Å²) in [4.78, 5) is 4.79. The van der Waals surface area contributed by atoms with Gasteiger partial charge in [-0.05, 0) is 51.1 Å². The van der Waals surface area contributed by atoms with E-state index in [2.05, 4.69) is 49.4 Å². The van der Waals surface area contributed by atoms with E-state index < -0.39 is 0 Å². The van der Waals surface area contributed by atoms with Crippen LogP contribution in [0.3, 0.4) is 0 Å². The average molecular weight is 257 g/mol. The molecule has 0 unspecified atom stereocenters. The Morgan fingerprint density at radius 3 is 2.63 bits per heavy atom. The van der Waals surface area contributed by atoms with Gasteiger partial charge in [0.2, 0.25) is 0 Å². The van der Waals surface area contributed by atoms with Crippen molar-refractivity contribution in [3.63, 3.8) is 0 Å². The highest BCUT2D eigenvalue weighted by molar-refractivity contribution is 5.78. The summed E-state index contributed by atoms with van der Waals surface area (Å²) in [6.45, 7) is 12.2. The van der Waals surface area contributed by atoms with Gasteiger partial charge in [-0.2, -0.15) is 0 Å². The molecule has 1 aromatic carbocycles. The van der Waals surface area contributed by atoms with Crippen molar-refractivity contribution in [1.29, 1.82) is 0 Å². The van der Waals surface area contributed by atoms with Crippen molar-refractivity contribution in [2.24, 2.45) is 0 Å². The lowest BCUT2D eigenvalue weighted by atomic mass is 10.1.